The molecule has 4 nitrogen and oxygen atoms in total. The summed E-state index contributed by atoms with van der Waals surface area (Å²) in [6, 6.07) is 12.0. The van der Waals surface area contributed by atoms with Crippen LogP contribution in [0.2, 0.25) is 0 Å². The zero-order valence-electron chi connectivity index (χ0n) is 13.0. The predicted molar refractivity (Wildman–Crippen MR) is 86.2 cm³/mol. The standard InChI is InChI=1S/C18H18F2N2O2/c19-14-10-5-9-13(16(14)20)18(24)22-15(17(21)23)11-4-8-12-6-2-1-3-7-12/h1-3,5-7,9-10,15H,4,8,11H2,(H2,21,23)(H,22,24)/t15-/m1/s1. The van der Waals surface area contributed by atoms with Gasteiger partial charge in [0.25, 0.3) is 5.91 Å². The fourth-order valence-electron chi connectivity index (χ4n) is 2.36. The van der Waals surface area contributed by atoms with E-state index in [-0.39, 0.29) is 0 Å². The summed E-state index contributed by atoms with van der Waals surface area (Å²) in [7, 11) is 0. The van der Waals surface area contributed by atoms with Crippen molar-refractivity contribution in [1.82, 2.24) is 5.32 Å². The molecule has 2 aromatic carbocycles. The number of carbonyl (C=O) groups is 2. The summed E-state index contributed by atoms with van der Waals surface area (Å²) < 4.78 is 26.8. The Bertz CT molecular complexity index is 720. The Morgan fingerprint density at radius 2 is 1.75 bits per heavy atom. The van der Waals surface area contributed by atoms with E-state index in [1.54, 1.807) is 0 Å². The van der Waals surface area contributed by atoms with Crippen LogP contribution in [0.3, 0.4) is 0 Å². The number of rotatable bonds is 7. The van der Waals surface area contributed by atoms with E-state index >= 15 is 0 Å². The lowest BCUT2D eigenvalue weighted by Gasteiger charge is -2.16. The molecule has 0 heterocycles. The summed E-state index contributed by atoms with van der Waals surface area (Å²) in [5.41, 5.74) is 5.93. The summed E-state index contributed by atoms with van der Waals surface area (Å²) >= 11 is 0. The minimum Gasteiger partial charge on any atom is -0.368 e. The van der Waals surface area contributed by atoms with Crippen LogP contribution in [0.1, 0.15) is 28.8 Å². The zero-order chi connectivity index (χ0) is 17.5. The molecular formula is C18H18F2N2O2. The van der Waals surface area contributed by atoms with Gasteiger partial charge in [0, 0.05) is 0 Å². The summed E-state index contributed by atoms with van der Waals surface area (Å²) in [6.45, 7) is 0. The molecule has 2 rings (SSSR count). The lowest BCUT2D eigenvalue weighted by Crippen LogP contribution is -2.44. The molecular weight excluding hydrogens is 314 g/mol. The predicted octanol–water partition coefficient (Wildman–Crippen LogP) is 2.57. The van der Waals surface area contributed by atoms with Gasteiger partial charge in [0.15, 0.2) is 11.6 Å². The molecule has 0 aliphatic rings. The number of halogens is 2. The highest BCUT2D eigenvalue weighted by atomic mass is 19.2. The molecule has 0 unspecified atom stereocenters. The summed E-state index contributed by atoms with van der Waals surface area (Å²) in [5.74, 6) is -3.95. The highest BCUT2D eigenvalue weighted by Crippen LogP contribution is 2.12. The van der Waals surface area contributed by atoms with Gasteiger partial charge in [0.05, 0.1) is 5.56 Å². The van der Waals surface area contributed by atoms with Gasteiger partial charge in [-0.25, -0.2) is 8.78 Å². The van der Waals surface area contributed by atoms with Crippen molar-refractivity contribution >= 4 is 11.8 Å². The van der Waals surface area contributed by atoms with Crippen molar-refractivity contribution < 1.29 is 18.4 Å². The first-order valence-electron chi connectivity index (χ1n) is 7.57. The molecule has 0 aliphatic heterocycles. The minimum absolute atomic E-state index is 0.312. The van der Waals surface area contributed by atoms with Gasteiger partial charge < -0.3 is 11.1 Å². The molecule has 0 spiro atoms. The van der Waals surface area contributed by atoms with Crippen LogP contribution in [0, 0.1) is 11.6 Å². The molecule has 0 radical (unpaired) electrons. The molecule has 2 amide bonds. The monoisotopic (exact) mass is 332 g/mol. The van der Waals surface area contributed by atoms with Crippen molar-refractivity contribution in [1.29, 1.82) is 0 Å². The van der Waals surface area contributed by atoms with Gasteiger partial charge in [-0.1, -0.05) is 36.4 Å². The van der Waals surface area contributed by atoms with Crippen LogP contribution >= 0.6 is 0 Å². The number of hydrogen-bond acceptors (Lipinski definition) is 2. The van der Waals surface area contributed by atoms with Crippen molar-refractivity contribution in [2.24, 2.45) is 5.73 Å². The maximum absolute atomic E-state index is 13.6. The lowest BCUT2D eigenvalue weighted by molar-refractivity contribution is -0.120. The van der Waals surface area contributed by atoms with E-state index in [1.807, 2.05) is 30.3 Å². The number of carbonyl (C=O) groups excluding carboxylic acids is 2. The Morgan fingerprint density at radius 1 is 1.04 bits per heavy atom. The molecule has 3 N–H and O–H groups in total. The molecule has 126 valence electrons. The van der Waals surface area contributed by atoms with E-state index < -0.39 is 35.1 Å². The first-order valence-corrected chi connectivity index (χ1v) is 7.57. The SMILES string of the molecule is NC(=O)[C@@H](CCCc1ccccc1)NC(=O)c1cccc(F)c1F. The summed E-state index contributed by atoms with van der Waals surface area (Å²) in [5, 5.41) is 2.37. The molecule has 0 saturated carbocycles. The van der Waals surface area contributed by atoms with Crippen LogP contribution in [0.5, 0.6) is 0 Å². The first kappa shape index (κ1) is 17.6. The molecule has 0 bridgehead atoms. The Morgan fingerprint density at radius 3 is 2.42 bits per heavy atom. The van der Waals surface area contributed by atoms with E-state index in [0.29, 0.717) is 12.8 Å². The maximum Gasteiger partial charge on any atom is 0.255 e. The second kappa shape index (κ2) is 8.19. The smallest absolute Gasteiger partial charge is 0.255 e. The Kier molecular flexibility index (Phi) is 6.01. The van der Waals surface area contributed by atoms with E-state index in [2.05, 4.69) is 5.32 Å². The largest absolute Gasteiger partial charge is 0.368 e. The molecule has 6 heteroatoms. The number of aryl methyl sites for hydroxylation is 1. The Balaban J connectivity index is 1.96. The summed E-state index contributed by atoms with van der Waals surface area (Å²) in [6.07, 6.45) is 1.64. The third kappa shape index (κ3) is 4.62. The number of primary amides is 1. The van der Waals surface area contributed by atoms with Crippen molar-refractivity contribution in [3.8, 4) is 0 Å². The van der Waals surface area contributed by atoms with E-state index in [1.165, 1.54) is 6.07 Å². The van der Waals surface area contributed by atoms with Crippen LogP contribution in [0.15, 0.2) is 48.5 Å². The number of hydrogen-bond donors (Lipinski definition) is 2. The lowest BCUT2D eigenvalue weighted by atomic mass is 10.0. The van der Waals surface area contributed by atoms with Crippen LogP contribution in [-0.4, -0.2) is 17.9 Å². The molecule has 24 heavy (non-hydrogen) atoms. The van der Waals surface area contributed by atoms with Crippen LogP contribution < -0.4 is 11.1 Å². The fourth-order valence-corrected chi connectivity index (χ4v) is 2.36. The highest BCUT2D eigenvalue weighted by Gasteiger charge is 2.21. The van der Waals surface area contributed by atoms with Gasteiger partial charge in [-0.05, 0) is 37.0 Å². The molecule has 0 aromatic heterocycles. The first-order chi connectivity index (χ1) is 11.5. The average molecular weight is 332 g/mol. The van der Waals surface area contributed by atoms with Crippen LogP contribution in [0.4, 0.5) is 8.78 Å². The van der Waals surface area contributed by atoms with Crippen molar-refractivity contribution in [2.45, 2.75) is 25.3 Å². The van der Waals surface area contributed by atoms with Crippen LogP contribution in [-0.2, 0) is 11.2 Å². The van der Waals surface area contributed by atoms with Gasteiger partial charge in [-0.3, -0.25) is 9.59 Å². The van der Waals surface area contributed by atoms with Gasteiger partial charge in [0.1, 0.15) is 6.04 Å². The Labute approximate surface area is 138 Å². The van der Waals surface area contributed by atoms with Crippen LogP contribution in [0.25, 0.3) is 0 Å². The number of amides is 2. The number of nitrogens with two attached hydrogens (primary N) is 1. The number of nitrogens with one attached hydrogen (secondary N) is 1. The topological polar surface area (TPSA) is 72.2 Å². The quantitative estimate of drug-likeness (QED) is 0.818. The Hall–Kier alpha value is -2.76. The van der Waals surface area contributed by atoms with E-state index in [9.17, 15) is 18.4 Å². The molecule has 2 aromatic rings. The molecule has 0 fully saturated rings. The number of benzene rings is 2. The average Bonchev–Trinajstić information content (AvgIpc) is 2.57. The molecule has 0 saturated heterocycles. The van der Waals surface area contributed by atoms with Crippen molar-refractivity contribution in [3.05, 3.63) is 71.3 Å². The third-order valence-corrected chi connectivity index (χ3v) is 3.65. The van der Waals surface area contributed by atoms with Gasteiger partial charge >= 0.3 is 0 Å². The highest BCUT2D eigenvalue weighted by molar-refractivity contribution is 5.97. The van der Waals surface area contributed by atoms with Gasteiger partial charge in [-0.15, -0.1) is 0 Å². The van der Waals surface area contributed by atoms with Crippen molar-refractivity contribution in [2.75, 3.05) is 0 Å². The van der Waals surface area contributed by atoms with Gasteiger partial charge in [-0.2, -0.15) is 0 Å². The van der Waals surface area contributed by atoms with E-state index in [4.69, 9.17) is 5.73 Å². The van der Waals surface area contributed by atoms with E-state index in [0.717, 1.165) is 24.1 Å². The molecule has 0 aliphatic carbocycles. The fraction of sp³-hybridized carbons (Fsp3) is 0.222. The minimum atomic E-state index is -1.25. The normalized spacial score (nSPS) is 11.8. The van der Waals surface area contributed by atoms with Gasteiger partial charge in [0.2, 0.25) is 5.91 Å². The van der Waals surface area contributed by atoms with Crippen molar-refractivity contribution in [3.63, 3.8) is 0 Å². The second-order valence-corrected chi connectivity index (χ2v) is 5.41. The summed E-state index contributed by atoms with van der Waals surface area (Å²) in [4.78, 5) is 23.5. The maximum atomic E-state index is 13.6. The molecule has 1 atom stereocenters. The zero-order valence-corrected chi connectivity index (χ0v) is 13.0. The third-order valence-electron chi connectivity index (χ3n) is 3.65. The second-order valence-electron chi connectivity index (χ2n) is 5.41.